The van der Waals surface area contributed by atoms with Crippen LogP contribution in [0.3, 0.4) is 0 Å². The van der Waals surface area contributed by atoms with Crippen molar-refractivity contribution in [2.45, 2.75) is 6.92 Å². The maximum absolute atomic E-state index is 4.35. The van der Waals surface area contributed by atoms with Crippen LogP contribution in [0.25, 0.3) is 16.8 Å². The summed E-state index contributed by atoms with van der Waals surface area (Å²) in [5, 5.41) is 4.31. The van der Waals surface area contributed by atoms with Gasteiger partial charge in [-0.05, 0) is 36.8 Å². The molecule has 0 saturated carbocycles. The molecule has 0 bridgehead atoms. The Labute approximate surface area is 93.4 Å². The van der Waals surface area contributed by atoms with Gasteiger partial charge in [0.2, 0.25) is 0 Å². The van der Waals surface area contributed by atoms with Crippen LogP contribution in [-0.2, 0) is 0 Å². The molecular weight excluding hydrogens is 198 g/mol. The second-order valence-electron chi connectivity index (χ2n) is 3.81. The van der Waals surface area contributed by atoms with Crippen LogP contribution >= 0.6 is 0 Å². The molecule has 0 fully saturated rings. The quantitative estimate of drug-likeness (QED) is 0.616. The minimum absolute atomic E-state index is 0.961. The summed E-state index contributed by atoms with van der Waals surface area (Å²) in [5.74, 6) is 0. The van der Waals surface area contributed by atoms with E-state index in [9.17, 15) is 0 Å². The fourth-order valence-corrected chi connectivity index (χ4v) is 1.81. The van der Waals surface area contributed by atoms with Crippen molar-refractivity contribution in [3.63, 3.8) is 0 Å². The summed E-state index contributed by atoms with van der Waals surface area (Å²) >= 11 is 0. The van der Waals surface area contributed by atoms with Crippen LogP contribution in [-0.4, -0.2) is 14.6 Å². The molecule has 3 heterocycles. The van der Waals surface area contributed by atoms with E-state index in [1.54, 1.807) is 6.20 Å². The van der Waals surface area contributed by atoms with E-state index < -0.39 is 0 Å². The summed E-state index contributed by atoms with van der Waals surface area (Å²) in [6, 6.07) is 10.1. The Morgan fingerprint density at radius 1 is 1.19 bits per heavy atom. The van der Waals surface area contributed by atoms with Crippen LogP contribution in [0.15, 0.2) is 48.9 Å². The van der Waals surface area contributed by atoms with Crippen LogP contribution < -0.4 is 0 Å². The number of nitrogens with zero attached hydrogens (tertiary/aromatic N) is 3. The standard InChI is InChI=1S/C13H11N3/c1-10-5-7-16-13(8-10)11(9-15-16)12-4-2-3-6-14-12/h2-9H,1H3. The molecule has 0 radical (unpaired) electrons. The maximum atomic E-state index is 4.35. The zero-order valence-electron chi connectivity index (χ0n) is 8.96. The van der Waals surface area contributed by atoms with Crippen molar-refractivity contribution in [1.29, 1.82) is 0 Å². The van der Waals surface area contributed by atoms with Crippen molar-refractivity contribution in [3.05, 3.63) is 54.5 Å². The number of hydrogen-bond acceptors (Lipinski definition) is 2. The van der Waals surface area contributed by atoms with Crippen LogP contribution in [0, 0.1) is 6.92 Å². The molecule has 0 aromatic carbocycles. The summed E-state index contributed by atoms with van der Waals surface area (Å²) < 4.78 is 1.87. The fourth-order valence-electron chi connectivity index (χ4n) is 1.81. The third-order valence-corrected chi connectivity index (χ3v) is 2.62. The molecule has 0 aliphatic rings. The lowest BCUT2D eigenvalue weighted by molar-refractivity contribution is 0.958. The largest absolute Gasteiger partial charge is 0.256 e. The minimum atomic E-state index is 0.961. The molecule has 0 aliphatic carbocycles. The molecule has 0 aliphatic heterocycles. The Hall–Kier alpha value is -2.16. The van der Waals surface area contributed by atoms with Crippen LogP contribution in [0.2, 0.25) is 0 Å². The van der Waals surface area contributed by atoms with Crippen LogP contribution in [0.5, 0.6) is 0 Å². The van der Waals surface area contributed by atoms with Gasteiger partial charge < -0.3 is 0 Å². The molecule has 16 heavy (non-hydrogen) atoms. The highest BCUT2D eigenvalue weighted by Gasteiger charge is 2.06. The molecule has 3 heteroatoms. The van der Waals surface area contributed by atoms with Gasteiger partial charge in [-0.15, -0.1) is 0 Å². The number of aryl methyl sites for hydroxylation is 1. The lowest BCUT2D eigenvalue weighted by Gasteiger charge is -1.99. The molecule has 3 aromatic rings. The van der Waals surface area contributed by atoms with E-state index in [1.807, 2.05) is 41.2 Å². The number of pyridine rings is 2. The van der Waals surface area contributed by atoms with Crippen LogP contribution in [0.4, 0.5) is 0 Å². The third-order valence-electron chi connectivity index (χ3n) is 2.62. The smallest absolute Gasteiger partial charge is 0.0758 e. The van der Waals surface area contributed by atoms with Gasteiger partial charge in [0, 0.05) is 18.0 Å². The van der Waals surface area contributed by atoms with E-state index in [2.05, 4.69) is 23.1 Å². The molecular formula is C13H11N3. The highest BCUT2D eigenvalue weighted by molar-refractivity contribution is 5.77. The van der Waals surface area contributed by atoms with E-state index in [0.717, 1.165) is 16.8 Å². The van der Waals surface area contributed by atoms with E-state index in [0.29, 0.717) is 0 Å². The van der Waals surface area contributed by atoms with Crippen molar-refractivity contribution >= 4 is 5.52 Å². The Morgan fingerprint density at radius 3 is 2.94 bits per heavy atom. The first kappa shape index (κ1) is 9.09. The third kappa shape index (κ3) is 1.37. The van der Waals surface area contributed by atoms with E-state index in [-0.39, 0.29) is 0 Å². The zero-order chi connectivity index (χ0) is 11.0. The summed E-state index contributed by atoms with van der Waals surface area (Å²) in [6.45, 7) is 2.08. The Morgan fingerprint density at radius 2 is 2.12 bits per heavy atom. The lowest BCUT2D eigenvalue weighted by Crippen LogP contribution is -1.87. The molecule has 0 N–H and O–H groups in total. The molecule has 0 amide bonds. The molecule has 78 valence electrons. The topological polar surface area (TPSA) is 30.2 Å². The van der Waals surface area contributed by atoms with Crippen molar-refractivity contribution in [3.8, 4) is 11.3 Å². The Bertz CT molecular complexity index is 626. The van der Waals surface area contributed by atoms with Gasteiger partial charge in [-0.25, -0.2) is 4.52 Å². The van der Waals surface area contributed by atoms with Gasteiger partial charge in [0.05, 0.1) is 17.4 Å². The summed E-state index contributed by atoms with van der Waals surface area (Å²) in [4.78, 5) is 4.35. The van der Waals surface area contributed by atoms with E-state index in [4.69, 9.17) is 0 Å². The van der Waals surface area contributed by atoms with Crippen molar-refractivity contribution in [2.75, 3.05) is 0 Å². The molecule has 3 rings (SSSR count). The summed E-state index contributed by atoms with van der Waals surface area (Å²) in [6.07, 6.45) is 5.63. The van der Waals surface area contributed by atoms with Crippen molar-refractivity contribution < 1.29 is 0 Å². The van der Waals surface area contributed by atoms with E-state index >= 15 is 0 Å². The van der Waals surface area contributed by atoms with Crippen molar-refractivity contribution in [2.24, 2.45) is 0 Å². The van der Waals surface area contributed by atoms with E-state index in [1.165, 1.54) is 5.56 Å². The predicted molar refractivity (Wildman–Crippen MR) is 63.2 cm³/mol. The van der Waals surface area contributed by atoms with Gasteiger partial charge in [-0.2, -0.15) is 5.10 Å². The normalized spacial score (nSPS) is 10.8. The van der Waals surface area contributed by atoms with Gasteiger partial charge in [-0.3, -0.25) is 4.98 Å². The number of hydrogen-bond donors (Lipinski definition) is 0. The second-order valence-corrected chi connectivity index (χ2v) is 3.81. The number of aromatic nitrogens is 3. The van der Waals surface area contributed by atoms with Gasteiger partial charge >= 0.3 is 0 Å². The first-order valence-corrected chi connectivity index (χ1v) is 5.20. The fraction of sp³-hybridized carbons (Fsp3) is 0.0769. The molecule has 0 unspecified atom stereocenters. The monoisotopic (exact) mass is 209 g/mol. The molecule has 3 aromatic heterocycles. The van der Waals surface area contributed by atoms with Gasteiger partial charge in [0.25, 0.3) is 0 Å². The average Bonchev–Trinajstić information content (AvgIpc) is 2.73. The number of fused-ring (bicyclic) bond motifs is 1. The second kappa shape index (κ2) is 3.45. The predicted octanol–water partition coefficient (Wildman–Crippen LogP) is 2.70. The molecule has 3 nitrogen and oxygen atoms in total. The molecule has 0 atom stereocenters. The zero-order valence-corrected chi connectivity index (χ0v) is 8.96. The number of rotatable bonds is 1. The SMILES string of the molecule is Cc1ccn2ncc(-c3ccccn3)c2c1. The lowest BCUT2D eigenvalue weighted by atomic mass is 10.1. The Kier molecular flexibility index (Phi) is 1.96. The van der Waals surface area contributed by atoms with Gasteiger partial charge in [-0.1, -0.05) is 6.07 Å². The Balaban J connectivity index is 2.29. The molecule has 0 saturated heterocycles. The average molecular weight is 209 g/mol. The first-order chi connectivity index (χ1) is 7.84. The summed E-state index contributed by atoms with van der Waals surface area (Å²) in [5.41, 5.74) is 4.36. The molecule has 0 spiro atoms. The maximum Gasteiger partial charge on any atom is 0.0758 e. The highest BCUT2D eigenvalue weighted by atomic mass is 15.2. The van der Waals surface area contributed by atoms with Crippen LogP contribution in [0.1, 0.15) is 5.56 Å². The first-order valence-electron chi connectivity index (χ1n) is 5.20. The minimum Gasteiger partial charge on any atom is -0.256 e. The highest BCUT2D eigenvalue weighted by Crippen LogP contribution is 2.22. The van der Waals surface area contributed by atoms with Gasteiger partial charge in [0.15, 0.2) is 0 Å². The van der Waals surface area contributed by atoms with Gasteiger partial charge in [0.1, 0.15) is 0 Å². The van der Waals surface area contributed by atoms with Crippen molar-refractivity contribution in [1.82, 2.24) is 14.6 Å². The summed E-state index contributed by atoms with van der Waals surface area (Å²) in [7, 11) is 0.